The van der Waals surface area contributed by atoms with Crippen LogP contribution in [0.25, 0.3) is 10.4 Å². The molecule has 0 atom stereocenters. The lowest BCUT2D eigenvalue weighted by Crippen LogP contribution is -2.28. The van der Waals surface area contributed by atoms with Crippen LogP contribution in [0, 0.1) is 6.92 Å². The number of halogens is 1. The highest BCUT2D eigenvalue weighted by atomic mass is 35.5. The maximum absolute atomic E-state index is 13.0. The van der Waals surface area contributed by atoms with Crippen molar-refractivity contribution in [3.8, 4) is 16.2 Å². The molecule has 0 saturated carbocycles. The molecule has 6 heteroatoms. The van der Waals surface area contributed by atoms with Crippen molar-refractivity contribution in [2.75, 3.05) is 11.5 Å². The van der Waals surface area contributed by atoms with Gasteiger partial charge in [-0.25, -0.2) is 0 Å². The van der Waals surface area contributed by atoms with Gasteiger partial charge in [0.15, 0.2) is 0 Å². The molecule has 150 valence electrons. The Labute approximate surface area is 179 Å². The molecule has 29 heavy (non-hydrogen) atoms. The van der Waals surface area contributed by atoms with E-state index in [4.69, 9.17) is 16.3 Å². The first-order valence-corrected chi connectivity index (χ1v) is 10.6. The summed E-state index contributed by atoms with van der Waals surface area (Å²) in [5.41, 5.74) is 2.99. The topological polar surface area (TPSA) is 49.8 Å². The molecular weight excluding hydrogens is 406 g/mol. The van der Waals surface area contributed by atoms with Crippen LogP contribution in [-0.2, 0) is 6.54 Å². The second-order valence-electron chi connectivity index (χ2n) is 7.91. The Bertz CT molecular complexity index is 1070. The number of hydrogen-bond acceptors (Lipinski definition) is 4. The van der Waals surface area contributed by atoms with Crippen molar-refractivity contribution < 1.29 is 14.6 Å². The SMILES string of the molecule is Cc1cc(N2Cc3cc(-c4ccc(Cl)cc4)sc3C2=O)ccc1OCC(C)(C)O. The number of carbonyl (C=O) groups is 1. The minimum absolute atomic E-state index is 0.0229. The molecule has 0 spiro atoms. The summed E-state index contributed by atoms with van der Waals surface area (Å²) in [6.45, 7) is 6.12. The summed E-state index contributed by atoms with van der Waals surface area (Å²) in [5, 5.41) is 10.5. The third-order valence-electron chi connectivity index (χ3n) is 4.76. The monoisotopic (exact) mass is 427 g/mol. The van der Waals surface area contributed by atoms with Gasteiger partial charge in [0.1, 0.15) is 12.4 Å². The van der Waals surface area contributed by atoms with Crippen molar-refractivity contribution in [2.24, 2.45) is 0 Å². The van der Waals surface area contributed by atoms with Gasteiger partial charge in [0.2, 0.25) is 0 Å². The Kier molecular flexibility index (Phi) is 5.15. The molecule has 4 nitrogen and oxygen atoms in total. The number of ether oxygens (including phenoxy) is 1. The van der Waals surface area contributed by atoms with Crippen LogP contribution in [0.5, 0.6) is 5.75 Å². The number of aryl methyl sites for hydroxylation is 1. The van der Waals surface area contributed by atoms with Gasteiger partial charge in [0.05, 0.1) is 17.0 Å². The summed E-state index contributed by atoms with van der Waals surface area (Å²) in [5.74, 6) is 0.733. The number of benzene rings is 2. The Morgan fingerprint density at radius 3 is 2.52 bits per heavy atom. The maximum atomic E-state index is 13.0. The first-order chi connectivity index (χ1) is 13.7. The fourth-order valence-corrected chi connectivity index (χ4v) is 4.53. The third-order valence-corrected chi connectivity index (χ3v) is 6.22. The van der Waals surface area contributed by atoms with E-state index in [0.29, 0.717) is 17.3 Å². The molecule has 2 heterocycles. The van der Waals surface area contributed by atoms with Crippen molar-refractivity contribution in [3.63, 3.8) is 0 Å². The van der Waals surface area contributed by atoms with Crippen LogP contribution < -0.4 is 9.64 Å². The summed E-state index contributed by atoms with van der Waals surface area (Å²) in [6, 6.07) is 15.5. The van der Waals surface area contributed by atoms with Gasteiger partial charge in [0, 0.05) is 15.6 Å². The molecule has 0 radical (unpaired) electrons. The van der Waals surface area contributed by atoms with Crippen LogP contribution in [-0.4, -0.2) is 23.2 Å². The molecule has 0 bridgehead atoms. The maximum Gasteiger partial charge on any atom is 0.269 e. The third kappa shape index (κ3) is 4.17. The molecule has 2 aromatic carbocycles. The van der Waals surface area contributed by atoms with Gasteiger partial charge in [-0.05, 0) is 73.9 Å². The van der Waals surface area contributed by atoms with Crippen molar-refractivity contribution in [2.45, 2.75) is 32.9 Å². The highest BCUT2D eigenvalue weighted by Crippen LogP contribution is 2.39. The number of anilines is 1. The van der Waals surface area contributed by atoms with Gasteiger partial charge in [-0.3, -0.25) is 4.79 Å². The number of amides is 1. The van der Waals surface area contributed by atoms with E-state index in [1.165, 1.54) is 11.3 Å². The van der Waals surface area contributed by atoms with Crippen LogP contribution in [0.15, 0.2) is 48.5 Å². The van der Waals surface area contributed by atoms with Crippen molar-refractivity contribution in [3.05, 3.63) is 69.6 Å². The van der Waals surface area contributed by atoms with Gasteiger partial charge in [-0.15, -0.1) is 11.3 Å². The van der Waals surface area contributed by atoms with Crippen LogP contribution >= 0.6 is 22.9 Å². The van der Waals surface area contributed by atoms with Crippen molar-refractivity contribution in [1.82, 2.24) is 0 Å². The zero-order valence-electron chi connectivity index (χ0n) is 16.5. The number of thiophene rings is 1. The lowest BCUT2D eigenvalue weighted by molar-refractivity contribution is 0.0283. The average molecular weight is 428 g/mol. The zero-order chi connectivity index (χ0) is 20.8. The van der Waals surface area contributed by atoms with E-state index < -0.39 is 5.60 Å². The van der Waals surface area contributed by atoms with E-state index >= 15 is 0 Å². The highest BCUT2D eigenvalue weighted by Gasteiger charge is 2.31. The van der Waals surface area contributed by atoms with E-state index in [2.05, 4.69) is 6.07 Å². The number of rotatable bonds is 5. The second-order valence-corrected chi connectivity index (χ2v) is 9.40. The van der Waals surface area contributed by atoms with Crippen LogP contribution in [0.2, 0.25) is 5.02 Å². The lowest BCUT2D eigenvalue weighted by Gasteiger charge is -2.21. The molecular formula is C23H22ClNO3S. The van der Waals surface area contributed by atoms with Gasteiger partial charge in [0.25, 0.3) is 5.91 Å². The van der Waals surface area contributed by atoms with E-state index in [9.17, 15) is 9.90 Å². The zero-order valence-corrected chi connectivity index (χ0v) is 18.1. The number of carbonyl (C=O) groups excluding carboxylic acids is 1. The van der Waals surface area contributed by atoms with Crippen LogP contribution in [0.3, 0.4) is 0 Å². The second kappa shape index (κ2) is 7.48. The number of fused-ring (bicyclic) bond motifs is 1. The van der Waals surface area contributed by atoms with Crippen LogP contribution in [0.4, 0.5) is 5.69 Å². The summed E-state index contributed by atoms with van der Waals surface area (Å²) in [6.07, 6.45) is 0. The lowest BCUT2D eigenvalue weighted by atomic mass is 10.1. The fraction of sp³-hybridized carbons (Fsp3) is 0.261. The van der Waals surface area contributed by atoms with E-state index in [0.717, 1.165) is 32.1 Å². The molecule has 3 aromatic rings. The number of aliphatic hydroxyl groups is 1. The minimum Gasteiger partial charge on any atom is -0.490 e. The van der Waals surface area contributed by atoms with E-state index in [1.54, 1.807) is 18.7 Å². The van der Waals surface area contributed by atoms with Gasteiger partial charge < -0.3 is 14.7 Å². The Hall–Kier alpha value is -2.34. The Morgan fingerprint density at radius 1 is 1.17 bits per heavy atom. The molecule has 0 fully saturated rings. The Balaban J connectivity index is 1.53. The summed E-state index contributed by atoms with van der Waals surface area (Å²) < 4.78 is 5.70. The summed E-state index contributed by atoms with van der Waals surface area (Å²) in [7, 11) is 0. The summed E-state index contributed by atoms with van der Waals surface area (Å²) in [4.78, 5) is 16.7. The van der Waals surface area contributed by atoms with E-state index in [1.807, 2.05) is 49.4 Å². The largest absolute Gasteiger partial charge is 0.490 e. The molecule has 1 N–H and O–H groups in total. The minimum atomic E-state index is -0.897. The Morgan fingerprint density at radius 2 is 1.90 bits per heavy atom. The summed E-state index contributed by atoms with van der Waals surface area (Å²) >= 11 is 7.49. The average Bonchev–Trinajstić information content (AvgIpc) is 3.20. The van der Waals surface area contributed by atoms with Crippen molar-refractivity contribution >= 4 is 34.5 Å². The van der Waals surface area contributed by atoms with Gasteiger partial charge >= 0.3 is 0 Å². The molecule has 4 rings (SSSR count). The molecule has 0 aliphatic carbocycles. The predicted molar refractivity (Wildman–Crippen MR) is 118 cm³/mol. The number of hydrogen-bond donors (Lipinski definition) is 1. The van der Waals surface area contributed by atoms with Gasteiger partial charge in [-0.2, -0.15) is 0 Å². The molecule has 0 saturated heterocycles. The molecule has 1 aliphatic heterocycles. The first kappa shape index (κ1) is 20.0. The van der Waals surface area contributed by atoms with Crippen molar-refractivity contribution in [1.29, 1.82) is 0 Å². The fourth-order valence-electron chi connectivity index (χ4n) is 3.27. The standard InChI is InChI=1S/C23H22ClNO3S/c1-14-10-18(8-9-19(14)28-13-23(2,3)27)25-12-16-11-20(29-21(16)22(25)26)15-4-6-17(24)7-5-15/h4-11,27H,12-13H2,1-3H3. The van der Waals surface area contributed by atoms with Gasteiger partial charge in [-0.1, -0.05) is 23.7 Å². The smallest absolute Gasteiger partial charge is 0.269 e. The van der Waals surface area contributed by atoms with Crippen LogP contribution in [0.1, 0.15) is 34.6 Å². The predicted octanol–water partition coefficient (Wildman–Crippen LogP) is 5.69. The highest BCUT2D eigenvalue weighted by molar-refractivity contribution is 7.17. The number of nitrogens with zero attached hydrogens (tertiary/aromatic N) is 1. The van der Waals surface area contributed by atoms with E-state index in [-0.39, 0.29) is 12.5 Å². The molecule has 0 unspecified atom stereocenters. The molecule has 1 amide bonds. The molecule has 1 aliphatic rings. The normalized spacial score (nSPS) is 13.7. The first-order valence-electron chi connectivity index (χ1n) is 9.38. The quantitative estimate of drug-likeness (QED) is 0.569. The molecule has 1 aromatic heterocycles.